The lowest BCUT2D eigenvalue weighted by atomic mass is 9.99. The number of fused-ring (bicyclic) bond motifs is 1. The Morgan fingerprint density at radius 2 is 1.79 bits per heavy atom. The monoisotopic (exact) mass is 320 g/mol. The van der Waals surface area contributed by atoms with Gasteiger partial charge >= 0.3 is 0 Å². The van der Waals surface area contributed by atoms with Gasteiger partial charge in [-0.05, 0) is 48.1 Å². The topological polar surface area (TPSA) is 9.23 Å². The number of hydrogen-bond donors (Lipinski definition) is 0. The highest BCUT2D eigenvalue weighted by Gasteiger charge is 2.10. The molecular weight excluding hydrogens is 299 g/mol. The summed E-state index contributed by atoms with van der Waals surface area (Å²) in [5.74, 6) is 0.566. The standard InChI is InChI=1S/C22H21FO/c1-3-5-14-24-19-11-13-21-18(15-19)10-12-20(22(21)23)17-8-6-16(4-2)7-9-17/h3,5-13,15H,4,14H2,1-2H3. The average molecular weight is 320 g/mol. The molecule has 0 aliphatic heterocycles. The van der Waals surface area contributed by atoms with Gasteiger partial charge in [-0.25, -0.2) is 4.39 Å². The van der Waals surface area contributed by atoms with E-state index in [1.807, 2.05) is 55.5 Å². The molecule has 24 heavy (non-hydrogen) atoms. The molecule has 0 aliphatic carbocycles. The maximum atomic E-state index is 14.9. The Morgan fingerprint density at radius 1 is 1.00 bits per heavy atom. The summed E-state index contributed by atoms with van der Waals surface area (Å²) in [6.07, 6.45) is 4.86. The number of aryl methyl sites for hydroxylation is 1. The molecule has 3 aromatic carbocycles. The fraction of sp³-hybridized carbons (Fsp3) is 0.182. The quantitative estimate of drug-likeness (QED) is 0.511. The SMILES string of the molecule is CC=CCOc1ccc2c(F)c(-c3ccc(CC)cc3)ccc2c1. The second-order valence-corrected chi connectivity index (χ2v) is 5.74. The first-order valence-corrected chi connectivity index (χ1v) is 8.28. The van der Waals surface area contributed by atoms with Gasteiger partial charge in [0.2, 0.25) is 0 Å². The van der Waals surface area contributed by atoms with Crippen molar-refractivity contribution in [3.8, 4) is 16.9 Å². The van der Waals surface area contributed by atoms with E-state index in [4.69, 9.17) is 4.74 Å². The molecule has 0 amide bonds. The van der Waals surface area contributed by atoms with Gasteiger partial charge in [-0.1, -0.05) is 55.5 Å². The van der Waals surface area contributed by atoms with E-state index < -0.39 is 0 Å². The Labute approximate surface area is 142 Å². The van der Waals surface area contributed by atoms with Crippen LogP contribution in [-0.4, -0.2) is 6.61 Å². The van der Waals surface area contributed by atoms with Crippen LogP contribution in [0.4, 0.5) is 4.39 Å². The summed E-state index contributed by atoms with van der Waals surface area (Å²) in [6.45, 7) is 4.58. The Kier molecular flexibility index (Phi) is 4.95. The molecule has 3 aromatic rings. The van der Waals surface area contributed by atoms with Crippen molar-refractivity contribution < 1.29 is 9.13 Å². The van der Waals surface area contributed by atoms with Gasteiger partial charge in [-0.15, -0.1) is 0 Å². The van der Waals surface area contributed by atoms with Gasteiger partial charge in [0, 0.05) is 10.9 Å². The number of rotatable bonds is 5. The fourth-order valence-corrected chi connectivity index (χ4v) is 2.74. The third-order valence-corrected chi connectivity index (χ3v) is 4.18. The van der Waals surface area contributed by atoms with E-state index in [1.54, 1.807) is 6.07 Å². The number of benzene rings is 3. The zero-order valence-corrected chi connectivity index (χ0v) is 14.1. The van der Waals surface area contributed by atoms with Crippen LogP contribution in [0.3, 0.4) is 0 Å². The minimum atomic E-state index is -0.184. The normalized spacial score (nSPS) is 11.3. The molecule has 0 fully saturated rings. The van der Waals surface area contributed by atoms with E-state index in [0.29, 0.717) is 17.6 Å². The maximum Gasteiger partial charge on any atom is 0.138 e. The summed E-state index contributed by atoms with van der Waals surface area (Å²) < 4.78 is 20.5. The van der Waals surface area contributed by atoms with Gasteiger partial charge in [0.25, 0.3) is 0 Å². The average Bonchev–Trinajstić information content (AvgIpc) is 2.62. The number of hydrogen-bond acceptors (Lipinski definition) is 1. The van der Waals surface area contributed by atoms with Crippen LogP contribution in [0.5, 0.6) is 5.75 Å². The number of allylic oxidation sites excluding steroid dienone is 1. The van der Waals surface area contributed by atoms with E-state index in [-0.39, 0.29) is 5.82 Å². The van der Waals surface area contributed by atoms with Crippen LogP contribution in [0.15, 0.2) is 66.7 Å². The maximum absolute atomic E-state index is 14.9. The van der Waals surface area contributed by atoms with Crippen LogP contribution < -0.4 is 4.74 Å². The van der Waals surface area contributed by atoms with Gasteiger partial charge < -0.3 is 4.74 Å². The zero-order valence-electron chi connectivity index (χ0n) is 14.1. The molecule has 0 N–H and O–H groups in total. The Hall–Kier alpha value is -2.61. The van der Waals surface area contributed by atoms with E-state index in [2.05, 4.69) is 19.1 Å². The molecule has 0 atom stereocenters. The molecule has 1 nitrogen and oxygen atoms in total. The summed E-state index contributed by atoms with van der Waals surface area (Å²) >= 11 is 0. The predicted octanol–water partition coefficient (Wildman–Crippen LogP) is 6.16. The first-order chi connectivity index (χ1) is 11.7. The lowest BCUT2D eigenvalue weighted by molar-refractivity contribution is 0.363. The van der Waals surface area contributed by atoms with Crippen molar-refractivity contribution in [1.29, 1.82) is 0 Å². The van der Waals surface area contributed by atoms with Crippen molar-refractivity contribution in [3.05, 3.63) is 78.1 Å². The highest BCUT2D eigenvalue weighted by molar-refractivity contribution is 5.89. The molecule has 0 heterocycles. The molecule has 122 valence electrons. The number of ether oxygens (including phenoxy) is 1. The van der Waals surface area contributed by atoms with Crippen LogP contribution in [0.25, 0.3) is 21.9 Å². The smallest absolute Gasteiger partial charge is 0.138 e. The molecule has 0 aromatic heterocycles. The van der Waals surface area contributed by atoms with Gasteiger partial charge in [0.1, 0.15) is 18.2 Å². The largest absolute Gasteiger partial charge is 0.490 e. The van der Waals surface area contributed by atoms with E-state index in [9.17, 15) is 4.39 Å². The van der Waals surface area contributed by atoms with Crippen molar-refractivity contribution in [2.24, 2.45) is 0 Å². The summed E-state index contributed by atoms with van der Waals surface area (Å²) in [4.78, 5) is 0. The van der Waals surface area contributed by atoms with Gasteiger partial charge in [-0.3, -0.25) is 0 Å². The van der Waals surface area contributed by atoms with E-state index in [0.717, 1.165) is 23.1 Å². The summed E-state index contributed by atoms with van der Waals surface area (Å²) in [5, 5.41) is 1.46. The van der Waals surface area contributed by atoms with E-state index in [1.165, 1.54) is 5.56 Å². The molecule has 0 radical (unpaired) electrons. The molecule has 2 heteroatoms. The van der Waals surface area contributed by atoms with Crippen LogP contribution >= 0.6 is 0 Å². The molecular formula is C22H21FO. The van der Waals surface area contributed by atoms with E-state index >= 15 is 0 Å². The van der Waals surface area contributed by atoms with Gasteiger partial charge in [-0.2, -0.15) is 0 Å². The Morgan fingerprint density at radius 3 is 2.50 bits per heavy atom. The van der Waals surface area contributed by atoms with Gasteiger partial charge in [0.05, 0.1) is 0 Å². The summed E-state index contributed by atoms with van der Waals surface area (Å²) in [7, 11) is 0. The lowest BCUT2D eigenvalue weighted by Gasteiger charge is -2.10. The first kappa shape index (κ1) is 16.3. The summed E-state index contributed by atoms with van der Waals surface area (Å²) in [6, 6.07) is 17.4. The molecule has 3 rings (SSSR count). The highest BCUT2D eigenvalue weighted by Crippen LogP contribution is 2.31. The lowest BCUT2D eigenvalue weighted by Crippen LogP contribution is -1.94. The van der Waals surface area contributed by atoms with Crippen molar-refractivity contribution in [1.82, 2.24) is 0 Å². The molecule has 0 unspecified atom stereocenters. The molecule has 0 spiro atoms. The molecule has 0 saturated heterocycles. The fourth-order valence-electron chi connectivity index (χ4n) is 2.74. The van der Waals surface area contributed by atoms with Crippen molar-refractivity contribution >= 4 is 10.8 Å². The van der Waals surface area contributed by atoms with Crippen LogP contribution in [-0.2, 0) is 6.42 Å². The third-order valence-electron chi connectivity index (χ3n) is 4.18. The second kappa shape index (κ2) is 7.31. The molecule has 0 bridgehead atoms. The minimum absolute atomic E-state index is 0.184. The molecule has 0 aliphatic rings. The Balaban J connectivity index is 1.96. The highest BCUT2D eigenvalue weighted by atomic mass is 19.1. The number of halogens is 1. The minimum Gasteiger partial charge on any atom is -0.490 e. The van der Waals surface area contributed by atoms with Crippen molar-refractivity contribution in [2.75, 3.05) is 6.61 Å². The van der Waals surface area contributed by atoms with Crippen molar-refractivity contribution in [2.45, 2.75) is 20.3 Å². The van der Waals surface area contributed by atoms with Crippen LogP contribution in [0.1, 0.15) is 19.4 Å². The third kappa shape index (κ3) is 3.33. The zero-order chi connectivity index (χ0) is 16.9. The predicted molar refractivity (Wildman–Crippen MR) is 99.0 cm³/mol. The van der Waals surface area contributed by atoms with Crippen LogP contribution in [0.2, 0.25) is 0 Å². The second-order valence-electron chi connectivity index (χ2n) is 5.74. The first-order valence-electron chi connectivity index (χ1n) is 8.28. The molecule has 0 saturated carbocycles. The van der Waals surface area contributed by atoms with Crippen LogP contribution in [0, 0.1) is 5.82 Å². The Bertz CT molecular complexity index is 863. The summed E-state index contributed by atoms with van der Waals surface area (Å²) in [5.41, 5.74) is 2.79. The van der Waals surface area contributed by atoms with Gasteiger partial charge in [0.15, 0.2) is 0 Å². The van der Waals surface area contributed by atoms with Crippen molar-refractivity contribution in [3.63, 3.8) is 0 Å².